The maximum atomic E-state index is 12.7. The van der Waals surface area contributed by atoms with Crippen LogP contribution in [0.1, 0.15) is 24.8 Å². The first-order valence-electron chi connectivity index (χ1n) is 8.45. The largest absolute Gasteiger partial charge is 0.497 e. The van der Waals surface area contributed by atoms with Crippen LogP contribution in [-0.2, 0) is 10.2 Å². The van der Waals surface area contributed by atoms with Gasteiger partial charge in [0.05, 0.1) is 19.1 Å². The second kappa shape index (κ2) is 7.91. The van der Waals surface area contributed by atoms with E-state index in [1.165, 1.54) is 0 Å². The Morgan fingerprint density at radius 1 is 1.16 bits per heavy atom. The third kappa shape index (κ3) is 3.98. The molecule has 2 aromatic carbocycles. The summed E-state index contributed by atoms with van der Waals surface area (Å²) >= 11 is 3.45. The smallest absolute Gasteiger partial charge is 0.230 e. The quantitative estimate of drug-likeness (QED) is 0.708. The van der Waals surface area contributed by atoms with Crippen molar-refractivity contribution in [1.29, 1.82) is 0 Å². The highest BCUT2D eigenvalue weighted by molar-refractivity contribution is 9.10. The molecule has 5 heteroatoms. The van der Waals surface area contributed by atoms with Crippen LogP contribution in [0.2, 0.25) is 0 Å². The molecule has 1 N–H and O–H groups in total. The molecule has 25 heavy (non-hydrogen) atoms. The minimum Gasteiger partial charge on any atom is -0.497 e. The van der Waals surface area contributed by atoms with E-state index in [0.717, 1.165) is 40.8 Å². The highest BCUT2D eigenvalue weighted by atomic mass is 79.9. The first-order valence-corrected chi connectivity index (χ1v) is 9.24. The molecule has 0 aromatic heterocycles. The summed E-state index contributed by atoms with van der Waals surface area (Å²) in [5.41, 5.74) is 0.713. The van der Waals surface area contributed by atoms with E-state index in [4.69, 9.17) is 9.47 Å². The van der Waals surface area contributed by atoms with E-state index >= 15 is 0 Å². The summed E-state index contributed by atoms with van der Waals surface area (Å²) in [7, 11) is 1.62. The summed E-state index contributed by atoms with van der Waals surface area (Å²) < 4.78 is 11.9. The van der Waals surface area contributed by atoms with Crippen molar-refractivity contribution in [2.45, 2.75) is 24.7 Å². The average Bonchev–Trinajstić information content (AvgIpc) is 2.59. The first-order chi connectivity index (χ1) is 12.1. The molecule has 1 aliphatic rings. The highest BCUT2D eigenvalue weighted by Crippen LogP contribution is 2.44. The molecule has 1 saturated carbocycles. The van der Waals surface area contributed by atoms with E-state index in [-0.39, 0.29) is 11.3 Å². The van der Waals surface area contributed by atoms with Crippen LogP contribution < -0.4 is 14.8 Å². The fourth-order valence-electron chi connectivity index (χ4n) is 3.14. The van der Waals surface area contributed by atoms with E-state index in [9.17, 15) is 4.79 Å². The first kappa shape index (κ1) is 17.8. The van der Waals surface area contributed by atoms with Gasteiger partial charge < -0.3 is 14.8 Å². The zero-order valence-corrected chi connectivity index (χ0v) is 15.8. The zero-order valence-electron chi connectivity index (χ0n) is 14.3. The van der Waals surface area contributed by atoms with Gasteiger partial charge in [-0.05, 0) is 42.7 Å². The fraction of sp³-hybridized carbons (Fsp3) is 0.350. The monoisotopic (exact) mass is 403 g/mol. The number of carbonyl (C=O) groups excluding carboxylic acids is 1. The van der Waals surface area contributed by atoms with Crippen molar-refractivity contribution in [3.8, 4) is 11.5 Å². The third-order valence-corrected chi connectivity index (χ3v) is 5.26. The molecule has 132 valence electrons. The highest BCUT2D eigenvalue weighted by Gasteiger charge is 2.45. The van der Waals surface area contributed by atoms with Gasteiger partial charge in [-0.15, -0.1) is 0 Å². The van der Waals surface area contributed by atoms with E-state index in [1.807, 2.05) is 48.5 Å². The number of amides is 1. The summed E-state index contributed by atoms with van der Waals surface area (Å²) in [4.78, 5) is 12.7. The van der Waals surface area contributed by atoms with Crippen LogP contribution in [0.3, 0.4) is 0 Å². The number of halogens is 1. The molecule has 0 radical (unpaired) electrons. The standard InChI is InChI=1S/C20H22BrNO3/c1-24-17-4-2-5-18(14-17)25-13-12-22-19(23)20(10-3-11-20)15-6-8-16(21)9-7-15/h2,4-9,14H,3,10-13H2,1H3,(H,22,23). The lowest BCUT2D eigenvalue weighted by molar-refractivity contribution is -0.130. The topological polar surface area (TPSA) is 47.6 Å². The van der Waals surface area contributed by atoms with Gasteiger partial charge in [0.15, 0.2) is 0 Å². The number of carbonyl (C=O) groups is 1. The Bertz CT molecular complexity index is 726. The van der Waals surface area contributed by atoms with Crippen molar-refractivity contribution in [2.24, 2.45) is 0 Å². The Balaban J connectivity index is 1.53. The lowest BCUT2D eigenvalue weighted by atomic mass is 9.64. The number of nitrogens with one attached hydrogen (secondary N) is 1. The number of hydrogen-bond acceptors (Lipinski definition) is 3. The molecular weight excluding hydrogens is 382 g/mol. The van der Waals surface area contributed by atoms with Crippen molar-refractivity contribution in [3.05, 3.63) is 58.6 Å². The average molecular weight is 404 g/mol. The summed E-state index contributed by atoms with van der Waals surface area (Å²) in [6, 6.07) is 15.5. The Hall–Kier alpha value is -2.01. The lowest BCUT2D eigenvalue weighted by Crippen LogP contribution is -2.50. The molecule has 3 rings (SSSR count). The van der Waals surface area contributed by atoms with Crippen LogP contribution in [-0.4, -0.2) is 26.2 Å². The van der Waals surface area contributed by atoms with Gasteiger partial charge in [0.25, 0.3) is 0 Å². The molecule has 0 spiro atoms. The van der Waals surface area contributed by atoms with Crippen LogP contribution in [0.15, 0.2) is 53.0 Å². The summed E-state index contributed by atoms with van der Waals surface area (Å²) in [5, 5.41) is 3.03. The molecule has 0 bridgehead atoms. The van der Waals surface area contributed by atoms with Gasteiger partial charge in [-0.3, -0.25) is 4.79 Å². The Kier molecular flexibility index (Phi) is 5.63. The van der Waals surface area contributed by atoms with Crippen molar-refractivity contribution in [3.63, 3.8) is 0 Å². The zero-order chi connectivity index (χ0) is 17.7. The molecular formula is C20H22BrNO3. The molecule has 1 aliphatic carbocycles. The maximum Gasteiger partial charge on any atom is 0.230 e. The third-order valence-electron chi connectivity index (χ3n) is 4.74. The van der Waals surface area contributed by atoms with Crippen LogP contribution in [0.5, 0.6) is 11.5 Å². The Morgan fingerprint density at radius 2 is 1.88 bits per heavy atom. The van der Waals surface area contributed by atoms with Crippen molar-refractivity contribution >= 4 is 21.8 Å². The summed E-state index contributed by atoms with van der Waals surface area (Å²) in [6.45, 7) is 0.906. The van der Waals surface area contributed by atoms with Gasteiger partial charge in [0, 0.05) is 10.5 Å². The van der Waals surface area contributed by atoms with Gasteiger partial charge in [-0.2, -0.15) is 0 Å². The van der Waals surface area contributed by atoms with Gasteiger partial charge in [-0.1, -0.05) is 40.5 Å². The SMILES string of the molecule is COc1cccc(OCCNC(=O)C2(c3ccc(Br)cc3)CCC2)c1. The Morgan fingerprint density at radius 3 is 2.52 bits per heavy atom. The second-order valence-corrected chi connectivity index (χ2v) is 7.14. The molecule has 1 amide bonds. The fourth-order valence-corrected chi connectivity index (χ4v) is 3.40. The van der Waals surface area contributed by atoms with Crippen LogP contribution in [0.25, 0.3) is 0 Å². The second-order valence-electron chi connectivity index (χ2n) is 6.23. The Labute approximate surface area is 156 Å². The van der Waals surface area contributed by atoms with Gasteiger partial charge >= 0.3 is 0 Å². The molecule has 1 fully saturated rings. The van der Waals surface area contributed by atoms with Gasteiger partial charge in [0.1, 0.15) is 18.1 Å². The molecule has 0 aliphatic heterocycles. The van der Waals surface area contributed by atoms with E-state index < -0.39 is 0 Å². The van der Waals surface area contributed by atoms with Gasteiger partial charge in [-0.25, -0.2) is 0 Å². The molecule has 0 heterocycles. The number of methoxy groups -OCH3 is 1. The molecule has 0 atom stereocenters. The normalized spacial score (nSPS) is 15.1. The van der Waals surface area contributed by atoms with Crippen LogP contribution in [0, 0.1) is 0 Å². The number of rotatable bonds is 7. The minimum absolute atomic E-state index is 0.0929. The van der Waals surface area contributed by atoms with E-state index in [2.05, 4.69) is 21.2 Å². The van der Waals surface area contributed by atoms with Crippen molar-refractivity contribution in [2.75, 3.05) is 20.3 Å². The molecule has 0 unspecified atom stereocenters. The van der Waals surface area contributed by atoms with Gasteiger partial charge in [0.2, 0.25) is 5.91 Å². The number of ether oxygens (including phenoxy) is 2. The molecule has 4 nitrogen and oxygen atoms in total. The maximum absolute atomic E-state index is 12.7. The van der Waals surface area contributed by atoms with Crippen LogP contribution in [0.4, 0.5) is 0 Å². The van der Waals surface area contributed by atoms with Crippen molar-refractivity contribution < 1.29 is 14.3 Å². The van der Waals surface area contributed by atoms with E-state index in [1.54, 1.807) is 7.11 Å². The molecule has 0 saturated heterocycles. The van der Waals surface area contributed by atoms with Crippen molar-refractivity contribution in [1.82, 2.24) is 5.32 Å². The predicted octanol–water partition coefficient (Wildman–Crippen LogP) is 4.07. The minimum atomic E-state index is -0.378. The molecule has 2 aromatic rings. The van der Waals surface area contributed by atoms with Crippen LogP contribution >= 0.6 is 15.9 Å². The lowest BCUT2D eigenvalue weighted by Gasteiger charge is -2.40. The summed E-state index contributed by atoms with van der Waals surface area (Å²) in [5.74, 6) is 1.58. The summed E-state index contributed by atoms with van der Waals surface area (Å²) in [6.07, 6.45) is 2.89. The predicted molar refractivity (Wildman–Crippen MR) is 101 cm³/mol. The number of benzene rings is 2. The number of hydrogen-bond donors (Lipinski definition) is 1. The van der Waals surface area contributed by atoms with E-state index in [0.29, 0.717) is 13.2 Å².